The van der Waals surface area contributed by atoms with E-state index in [-0.39, 0.29) is 22.9 Å². The van der Waals surface area contributed by atoms with Gasteiger partial charge in [-0.15, -0.1) is 0 Å². The van der Waals surface area contributed by atoms with E-state index < -0.39 is 6.10 Å². The van der Waals surface area contributed by atoms with Gasteiger partial charge in [-0.3, -0.25) is 4.79 Å². The van der Waals surface area contributed by atoms with Crippen LogP contribution in [0.1, 0.15) is 48.2 Å². The van der Waals surface area contributed by atoms with Crippen LogP contribution in [0.15, 0.2) is 12.1 Å². The number of phenolic OH excluding ortho intramolecular Hbond substituents is 1. The highest BCUT2D eigenvalue weighted by atomic mass is 16.5. The van der Waals surface area contributed by atoms with Crippen molar-refractivity contribution in [2.24, 2.45) is 11.3 Å². The molecule has 0 radical (unpaired) electrons. The molecule has 0 bridgehead atoms. The molecule has 1 aromatic rings. The van der Waals surface area contributed by atoms with Gasteiger partial charge in [-0.25, -0.2) is 0 Å². The van der Waals surface area contributed by atoms with Gasteiger partial charge in [-0.1, -0.05) is 19.9 Å². The van der Waals surface area contributed by atoms with Gasteiger partial charge < -0.3 is 14.9 Å². The summed E-state index contributed by atoms with van der Waals surface area (Å²) in [4.78, 5) is 12.6. The van der Waals surface area contributed by atoms with E-state index in [2.05, 4.69) is 0 Å². The van der Waals surface area contributed by atoms with Gasteiger partial charge in [0.05, 0.1) is 18.8 Å². The Kier molecular flexibility index (Phi) is 3.33. The van der Waals surface area contributed by atoms with Crippen molar-refractivity contribution in [3.8, 4) is 11.5 Å². The maximum absolute atomic E-state index is 12.6. The molecule has 1 aromatic carbocycles. The fourth-order valence-corrected chi connectivity index (χ4v) is 3.74. The quantitative estimate of drug-likeness (QED) is 0.836. The van der Waals surface area contributed by atoms with E-state index in [1.807, 2.05) is 26.0 Å². The number of carbonyl (C=O) groups excluding carboxylic acids is 1. The Balaban J connectivity index is 2.26. The lowest BCUT2D eigenvalue weighted by molar-refractivity contribution is 0.0167. The second-order valence-corrected chi connectivity index (χ2v) is 6.89. The number of phenols is 1. The normalized spacial score (nSPS) is 26.0. The number of aliphatic hydroxyl groups is 1. The highest BCUT2D eigenvalue weighted by Gasteiger charge is 2.46. The van der Waals surface area contributed by atoms with Gasteiger partial charge in [-0.2, -0.15) is 0 Å². The maximum Gasteiger partial charge on any atom is 0.167 e. The van der Waals surface area contributed by atoms with Crippen LogP contribution in [-0.2, 0) is 0 Å². The predicted octanol–water partition coefficient (Wildman–Crippen LogP) is 3.09. The van der Waals surface area contributed by atoms with Crippen LogP contribution in [0.5, 0.6) is 11.5 Å². The summed E-state index contributed by atoms with van der Waals surface area (Å²) in [5.41, 5.74) is 2.40. The molecular formula is C18H22O4. The van der Waals surface area contributed by atoms with Crippen molar-refractivity contribution >= 4 is 11.4 Å². The van der Waals surface area contributed by atoms with Crippen molar-refractivity contribution < 1.29 is 19.7 Å². The number of allylic oxidation sites excluding steroid dienone is 1. The third-order valence-corrected chi connectivity index (χ3v) is 5.40. The second-order valence-electron chi connectivity index (χ2n) is 6.89. The second kappa shape index (κ2) is 4.85. The summed E-state index contributed by atoms with van der Waals surface area (Å²) in [6, 6.07) is 1.84. The van der Waals surface area contributed by atoms with Crippen molar-refractivity contribution in [3.05, 3.63) is 28.8 Å². The number of aromatic hydroxyl groups is 1. The van der Waals surface area contributed by atoms with Gasteiger partial charge >= 0.3 is 0 Å². The van der Waals surface area contributed by atoms with Gasteiger partial charge in [0.25, 0.3) is 0 Å². The number of hydrogen-bond donors (Lipinski definition) is 2. The van der Waals surface area contributed by atoms with Crippen LogP contribution in [0.4, 0.5) is 0 Å². The van der Waals surface area contributed by atoms with E-state index in [4.69, 9.17) is 4.74 Å². The van der Waals surface area contributed by atoms with Crippen LogP contribution in [-0.4, -0.2) is 29.2 Å². The van der Waals surface area contributed by atoms with E-state index >= 15 is 0 Å². The molecule has 0 fully saturated rings. The van der Waals surface area contributed by atoms with Crippen molar-refractivity contribution in [2.45, 2.75) is 39.7 Å². The smallest absolute Gasteiger partial charge is 0.167 e. The average molecular weight is 302 g/mol. The Hall–Kier alpha value is -1.81. The monoisotopic (exact) mass is 302 g/mol. The SMILES string of the molecule is COc1cc2c(c(O)c1C)C(=O)CC1C2=CCC(O)C1(C)C. The van der Waals surface area contributed by atoms with E-state index in [1.165, 1.54) is 0 Å². The number of ether oxygens (including phenoxy) is 1. The summed E-state index contributed by atoms with van der Waals surface area (Å²) in [7, 11) is 1.55. The molecule has 4 nitrogen and oxygen atoms in total. The number of fused-ring (bicyclic) bond motifs is 3. The minimum Gasteiger partial charge on any atom is -0.507 e. The zero-order valence-electron chi connectivity index (χ0n) is 13.4. The van der Waals surface area contributed by atoms with Gasteiger partial charge in [0.1, 0.15) is 11.5 Å². The largest absolute Gasteiger partial charge is 0.507 e. The maximum atomic E-state index is 12.6. The molecule has 0 heterocycles. The van der Waals surface area contributed by atoms with Gasteiger partial charge in [0.2, 0.25) is 0 Å². The van der Waals surface area contributed by atoms with Crippen molar-refractivity contribution in [3.63, 3.8) is 0 Å². The van der Waals surface area contributed by atoms with E-state index in [9.17, 15) is 15.0 Å². The molecule has 0 spiro atoms. The first-order valence-corrected chi connectivity index (χ1v) is 7.61. The van der Waals surface area contributed by atoms with Crippen molar-refractivity contribution in [1.29, 1.82) is 0 Å². The Morgan fingerprint density at radius 2 is 2.05 bits per heavy atom. The Labute approximate surface area is 130 Å². The molecule has 118 valence electrons. The Morgan fingerprint density at radius 1 is 1.36 bits per heavy atom. The minimum absolute atomic E-state index is 0.0163. The molecule has 0 aromatic heterocycles. The van der Waals surface area contributed by atoms with Crippen molar-refractivity contribution in [1.82, 2.24) is 0 Å². The predicted molar refractivity (Wildman–Crippen MR) is 84.2 cm³/mol. The third-order valence-electron chi connectivity index (χ3n) is 5.40. The zero-order valence-corrected chi connectivity index (χ0v) is 13.4. The molecule has 0 aliphatic heterocycles. The van der Waals surface area contributed by atoms with Crippen LogP contribution >= 0.6 is 0 Å². The standard InChI is InChI=1S/C18H22O4/c1-9-14(22-4)7-11-10-5-6-15(20)18(2,3)12(10)8-13(19)16(11)17(9)21/h5,7,12,15,20-21H,6,8H2,1-4H3. The molecule has 2 aliphatic carbocycles. The average Bonchev–Trinajstić information content (AvgIpc) is 2.47. The molecule has 0 saturated carbocycles. The van der Waals surface area contributed by atoms with Crippen LogP contribution in [0.25, 0.3) is 5.57 Å². The number of Topliss-reactive ketones (excluding diaryl/α,β-unsaturated/α-hetero) is 1. The summed E-state index contributed by atoms with van der Waals surface area (Å²) in [5.74, 6) is 0.489. The van der Waals surface area contributed by atoms with Crippen LogP contribution in [0, 0.1) is 18.3 Å². The highest BCUT2D eigenvalue weighted by molar-refractivity contribution is 6.07. The number of ketones is 1. The molecule has 22 heavy (non-hydrogen) atoms. The lowest BCUT2D eigenvalue weighted by Gasteiger charge is -2.45. The summed E-state index contributed by atoms with van der Waals surface area (Å²) in [6.07, 6.45) is 2.42. The first-order valence-electron chi connectivity index (χ1n) is 7.61. The van der Waals surface area contributed by atoms with Gasteiger partial charge in [0.15, 0.2) is 5.78 Å². The number of carbonyl (C=O) groups is 1. The minimum atomic E-state index is -0.462. The first-order chi connectivity index (χ1) is 10.3. The summed E-state index contributed by atoms with van der Waals surface area (Å²) in [5, 5.41) is 20.7. The summed E-state index contributed by atoms with van der Waals surface area (Å²) >= 11 is 0. The van der Waals surface area contributed by atoms with Crippen LogP contribution < -0.4 is 4.74 Å². The van der Waals surface area contributed by atoms with Crippen molar-refractivity contribution in [2.75, 3.05) is 7.11 Å². The number of methoxy groups -OCH3 is 1. The zero-order chi connectivity index (χ0) is 16.2. The molecule has 2 atom stereocenters. The molecule has 2 N–H and O–H groups in total. The third kappa shape index (κ3) is 1.90. The van der Waals surface area contributed by atoms with Gasteiger partial charge in [-0.05, 0) is 41.9 Å². The summed E-state index contributed by atoms with van der Waals surface area (Å²) < 4.78 is 5.33. The van der Waals surface area contributed by atoms with Crippen LogP contribution in [0.3, 0.4) is 0 Å². The number of rotatable bonds is 1. The molecule has 0 saturated heterocycles. The fraction of sp³-hybridized carbons (Fsp3) is 0.500. The Bertz CT molecular complexity index is 685. The lowest BCUT2D eigenvalue weighted by atomic mass is 9.60. The van der Waals surface area contributed by atoms with E-state index in [0.717, 1.165) is 11.1 Å². The molecular weight excluding hydrogens is 280 g/mol. The number of aliphatic hydroxyl groups excluding tert-OH is 1. The van der Waals surface area contributed by atoms with E-state index in [1.54, 1.807) is 14.0 Å². The number of hydrogen-bond acceptors (Lipinski definition) is 4. The number of benzene rings is 1. The Morgan fingerprint density at radius 3 is 2.68 bits per heavy atom. The molecule has 2 unspecified atom stereocenters. The summed E-state index contributed by atoms with van der Waals surface area (Å²) in [6.45, 7) is 5.74. The van der Waals surface area contributed by atoms with Crippen LogP contribution in [0.2, 0.25) is 0 Å². The fourth-order valence-electron chi connectivity index (χ4n) is 3.74. The molecule has 4 heteroatoms. The lowest BCUT2D eigenvalue weighted by Crippen LogP contribution is -2.42. The molecule has 3 rings (SSSR count). The van der Waals surface area contributed by atoms with E-state index in [0.29, 0.717) is 29.7 Å². The molecule has 2 aliphatic rings. The topological polar surface area (TPSA) is 66.8 Å². The highest BCUT2D eigenvalue weighted by Crippen LogP contribution is 2.53. The van der Waals surface area contributed by atoms with Gasteiger partial charge in [0, 0.05) is 12.0 Å². The molecule has 0 amide bonds. The first kappa shape index (κ1) is 15.1.